The summed E-state index contributed by atoms with van der Waals surface area (Å²) >= 11 is 5.85. The summed E-state index contributed by atoms with van der Waals surface area (Å²) in [5, 5.41) is 3.27. The molecule has 0 spiro atoms. The van der Waals surface area contributed by atoms with Crippen LogP contribution in [0.3, 0.4) is 0 Å². The summed E-state index contributed by atoms with van der Waals surface area (Å²) < 4.78 is 19.6. The Bertz CT molecular complexity index is 980. The summed E-state index contributed by atoms with van der Waals surface area (Å²) in [7, 11) is 1.40. The summed E-state index contributed by atoms with van der Waals surface area (Å²) in [6, 6.07) is 5.83. The van der Waals surface area contributed by atoms with E-state index in [1.54, 1.807) is 22.9 Å². The van der Waals surface area contributed by atoms with E-state index in [0.717, 1.165) is 16.8 Å². The Hall–Kier alpha value is -2.86. The van der Waals surface area contributed by atoms with Gasteiger partial charge in [0, 0.05) is 10.7 Å². The molecular formula is C21H23ClFN3O2. The molecule has 0 aliphatic rings. The van der Waals surface area contributed by atoms with Gasteiger partial charge in [-0.1, -0.05) is 42.5 Å². The maximum Gasteiger partial charge on any atom is 0.316 e. The first kappa shape index (κ1) is 21.4. The number of aromatic nitrogens is 2. The molecule has 0 unspecified atom stereocenters. The van der Waals surface area contributed by atoms with Crippen molar-refractivity contribution in [2.45, 2.75) is 20.4 Å². The van der Waals surface area contributed by atoms with Gasteiger partial charge in [0.05, 0.1) is 19.9 Å². The van der Waals surface area contributed by atoms with Crippen LogP contribution in [0.1, 0.15) is 11.1 Å². The van der Waals surface area contributed by atoms with Gasteiger partial charge in [-0.3, -0.25) is 4.79 Å². The summed E-state index contributed by atoms with van der Waals surface area (Å²) in [5.41, 5.74) is 3.18. The molecule has 5 nitrogen and oxygen atoms in total. The van der Waals surface area contributed by atoms with Crippen LogP contribution >= 0.6 is 11.6 Å². The molecule has 148 valence electrons. The first-order valence-corrected chi connectivity index (χ1v) is 8.99. The average molecular weight is 404 g/mol. The molecule has 1 heterocycles. The molecule has 0 aliphatic carbocycles. The van der Waals surface area contributed by atoms with Gasteiger partial charge in [-0.25, -0.2) is 4.39 Å². The van der Waals surface area contributed by atoms with E-state index in [1.165, 1.54) is 13.2 Å². The Labute approximate surface area is 168 Å². The van der Waals surface area contributed by atoms with E-state index in [-0.39, 0.29) is 17.3 Å². The number of aryl methyl sites for hydroxylation is 1. The van der Waals surface area contributed by atoms with Crippen molar-refractivity contribution >= 4 is 23.2 Å². The van der Waals surface area contributed by atoms with Crippen molar-refractivity contribution in [2.24, 2.45) is 0 Å². The number of alkyl halides is 1. The molecular weight excluding hydrogens is 381 g/mol. The number of ether oxygens (including phenoxy) is 1. The summed E-state index contributed by atoms with van der Waals surface area (Å²) in [6.45, 7) is 7.17. The first-order valence-electron chi connectivity index (χ1n) is 8.62. The molecule has 2 rings (SSSR count). The number of allylic oxidation sites excluding steroid dienone is 5. The maximum absolute atomic E-state index is 12.8. The quantitative estimate of drug-likeness (QED) is 0.642. The fourth-order valence-corrected chi connectivity index (χ4v) is 2.72. The summed E-state index contributed by atoms with van der Waals surface area (Å²) in [5.74, 6) is 0.435. The Morgan fingerprint density at radius 1 is 1.43 bits per heavy atom. The highest BCUT2D eigenvalue weighted by atomic mass is 35.5. The number of hydrogen-bond donors (Lipinski definition) is 1. The number of anilines is 2. The number of nitrogens with zero attached hydrogens (tertiary/aromatic N) is 2. The summed E-state index contributed by atoms with van der Waals surface area (Å²) in [4.78, 5) is 16.3. The Morgan fingerprint density at radius 3 is 2.82 bits per heavy atom. The van der Waals surface area contributed by atoms with Crippen molar-refractivity contribution in [3.05, 3.63) is 81.3 Å². The van der Waals surface area contributed by atoms with Crippen molar-refractivity contribution in [3.8, 4) is 5.75 Å². The number of nitrogens with one attached hydrogen (secondary N) is 1. The first-order chi connectivity index (χ1) is 13.4. The Kier molecular flexibility index (Phi) is 7.58. The van der Waals surface area contributed by atoms with Crippen LogP contribution in [0.4, 0.5) is 16.0 Å². The van der Waals surface area contributed by atoms with Crippen molar-refractivity contribution in [1.82, 2.24) is 9.55 Å². The zero-order chi connectivity index (χ0) is 20.7. The number of hydrogen-bond acceptors (Lipinski definition) is 4. The van der Waals surface area contributed by atoms with Crippen LogP contribution in [-0.4, -0.2) is 23.3 Å². The minimum atomic E-state index is -0.768. The van der Waals surface area contributed by atoms with Crippen molar-refractivity contribution in [1.29, 1.82) is 0 Å². The fraction of sp³-hybridized carbons (Fsp3) is 0.238. The highest BCUT2D eigenvalue weighted by Gasteiger charge is 2.12. The van der Waals surface area contributed by atoms with E-state index >= 15 is 0 Å². The monoisotopic (exact) mass is 403 g/mol. The lowest BCUT2D eigenvalue weighted by Crippen LogP contribution is -2.19. The van der Waals surface area contributed by atoms with Gasteiger partial charge in [0.25, 0.3) is 0 Å². The molecule has 0 atom stereocenters. The third kappa shape index (κ3) is 5.33. The lowest BCUT2D eigenvalue weighted by molar-refractivity contribution is 0.402. The van der Waals surface area contributed by atoms with Crippen molar-refractivity contribution in [3.63, 3.8) is 0 Å². The molecule has 0 fully saturated rings. The van der Waals surface area contributed by atoms with Gasteiger partial charge < -0.3 is 14.6 Å². The lowest BCUT2D eigenvalue weighted by Gasteiger charge is -2.17. The average Bonchev–Trinajstić information content (AvgIpc) is 2.67. The zero-order valence-electron chi connectivity index (χ0n) is 16.1. The largest absolute Gasteiger partial charge is 0.490 e. The van der Waals surface area contributed by atoms with Crippen LogP contribution in [0.25, 0.3) is 0 Å². The van der Waals surface area contributed by atoms with E-state index in [0.29, 0.717) is 11.5 Å². The van der Waals surface area contributed by atoms with Crippen LogP contribution in [0.2, 0.25) is 0 Å². The predicted octanol–water partition coefficient (Wildman–Crippen LogP) is 4.82. The van der Waals surface area contributed by atoms with Crippen molar-refractivity contribution in [2.75, 3.05) is 19.1 Å². The van der Waals surface area contributed by atoms with Gasteiger partial charge >= 0.3 is 5.56 Å². The van der Waals surface area contributed by atoms with Gasteiger partial charge in [0.1, 0.15) is 6.67 Å². The highest BCUT2D eigenvalue weighted by molar-refractivity contribution is 6.29. The molecule has 0 radical (unpaired) electrons. The molecule has 0 saturated heterocycles. The molecule has 2 aromatic rings. The normalized spacial score (nSPS) is 12.0. The predicted molar refractivity (Wildman–Crippen MR) is 112 cm³/mol. The molecule has 0 saturated carbocycles. The standard InChI is InChI=1S/C21H23ClFN3O2/c1-5-7-16(10-17(22)11-23)12-26-13-19(28-4)20(27)25-21(26)24-18-9-6-8-14(2)15(18)3/h5-10,13H,1,11-12H2,2-4H3,(H,24,25,27)/b16-7+,17-10+. The highest BCUT2D eigenvalue weighted by Crippen LogP contribution is 2.23. The maximum atomic E-state index is 12.8. The van der Waals surface area contributed by atoms with Crippen LogP contribution in [0, 0.1) is 13.8 Å². The van der Waals surface area contributed by atoms with Gasteiger partial charge in [0.2, 0.25) is 11.7 Å². The van der Waals surface area contributed by atoms with Gasteiger partial charge in [0.15, 0.2) is 0 Å². The van der Waals surface area contributed by atoms with E-state index in [9.17, 15) is 9.18 Å². The smallest absolute Gasteiger partial charge is 0.316 e. The molecule has 1 aromatic heterocycles. The topological polar surface area (TPSA) is 56.2 Å². The number of benzene rings is 1. The molecule has 28 heavy (non-hydrogen) atoms. The second kappa shape index (κ2) is 9.90. The number of methoxy groups -OCH3 is 1. The Balaban J connectivity index is 2.52. The second-order valence-electron chi connectivity index (χ2n) is 6.14. The molecule has 1 aromatic carbocycles. The molecule has 7 heteroatoms. The van der Waals surface area contributed by atoms with E-state index < -0.39 is 12.2 Å². The summed E-state index contributed by atoms with van der Waals surface area (Å²) in [6.07, 6.45) is 6.37. The zero-order valence-corrected chi connectivity index (χ0v) is 16.9. The van der Waals surface area contributed by atoms with Crippen LogP contribution in [0.15, 0.2) is 64.6 Å². The van der Waals surface area contributed by atoms with Gasteiger partial charge in [-0.05, 0) is 42.7 Å². The van der Waals surface area contributed by atoms with Gasteiger partial charge in [-0.2, -0.15) is 4.98 Å². The van der Waals surface area contributed by atoms with Gasteiger partial charge in [-0.15, -0.1) is 0 Å². The van der Waals surface area contributed by atoms with E-state index in [4.69, 9.17) is 16.3 Å². The minimum absolute atomic E-state index is 0.0677. The molecule has 0 amide bonds. The van der Waals surface area contributed by atoms with Crippen molar-refractivity contribution < 1.29 is 9.13 Å². The minimum Gasteiger partial charge on any atom is -0.490 e. The fourth-order valence-electron chi connectivity index (χ4n) is 2.57. The third-order valence-corrected chi connectivity index (χ3v) is 4.40. The van der Waals surface area contributed by atoms with E-state index in [1.807, 2.05) is 32.0 Å². The Morgan fingerprint density at radius 2 is 2.18 bits per heavy atom. The number of rotatable bonds is 8. The third-order valence-electron chi connectivity index (χ3n) is 4.19. The van der Waals surface area contributed by atoms with Crippen LogP contribution in [0.5, 0.6) is 5.75 Å². The second-order valence-corrected chi connectivity index (χ2v) is 6.63. The number of halogens is 2. The van der Waals surface area contributed by atoms with E-state index in [2.05, 4.69) is 16.9 Å². The SMILES string of the molecule is C=C/C=C(\C=C(\Cl)CF)Cn1cc(OC)c(=O)nc1Nc1cccc(C)c1C. The van der Waals surface area contributed by atoms with Crippen LogP contribution < -0.4 is 15.6 Å². The molecule has 0 bridgehead atoms. The molecule has 1 N–H and O–H groups in total. The van der Waals surface area contributed by atoms with Crippen LogP contribution in [-0.2, 0) is 6.54 Å². The molecule has 0 aliphatic heterocycles. The lowest BCUT2D eigenvalue weighted by atomic mass is 10.1.